The standard InChI is InChI=1S/C13H16N4O2/c18-12-8-17(11-4-2-1-3-9(11)16-12)13(19)10-7-14-5-6-15-10/h5-7,9,11H,1-4,8H2,(H,16,18)/t9-,11+/m1/s1. The molecule has 1 aliphatic carbocycles. The van der Waals surface area contributed by atoms with Gasteiger partial charge in [0.05, 0.1) is 12.2 Å². The number of carbonyl (C=O) groups is 2. The fourth-order valence-corrected chi connectivity index (χ4v) is 2.96. The van der Waals surface area contributed by atoms with Crippen molar-refractivity contribution in [2.24, 2.45) is 0 Å². The molecule has 2 amide bonds. The second kappa shape index (κ2) is 4.95. The summed E-state index contributed by atoms with van der Waals surface area (Å²) in [5.74, 6) is -0.278. The molecule has 1 aromatic rings. The topological polar surface area (TPSA) is 75.2 Å². The number of carbonyl (C=O) groups excluding carboxylic acids is 2. The number of piperazine rings is 1. The molecule has 0 unspecified atom stereocenters. The van der Waals surface area contributed by atoms with Crippen molar-refractivity contribution in [3.63, 3.8) is 0 Å². The van der Waals surface area contributed by atoms with E-state index in [1.807, 2.05) is 0 Å². The summed E-state index contributed by atoms with van der Waals surface area (Å²) in [7, 11) is 0. The molecule has 1 saturated heterocycles. The van der Waals surface area contributed by atoms with E-state index in [4.69, 9.17) is 0 Å². The average molecular weight is 260 g/mol. The second-order valence-corrected chi connectivity index (χ2v) is 5.05. The first kappa shape index (κ1) is 12.1. The predicted octanol–water partition coefficient (Wildman–Crippen LogP) is 0.360. The Morgan fingerprint density at radius 1 is 1.32 bits per heavy atom. The average Bonchev–Trinajstić information content (AvgIpc) is 2.46. The van der Waals surface area contributed by atoms with Crippen LogP contribution in [0, 0.1) is 0 Å². The Balaban J connectivity index is 1.85. The van der Waals surface area contributed by atoms with E-state index >= 15 is 0 Å². The monoisotopic (exact) mass is 260 g/mol. The number of hydrogen-bond acceptors (Lipinski definition) is 4. The van der Waals surface area contributed by atoms with Crippen molar-refractivity contribution in [3.05, 3.63) is 24.3 Å². The van der Waals surface area contributed by atoms with Crippen LogP contribution in [-0.4, -0.2) is 45.3 Å². The Morgan fingerprint density at radius 2 is 2.16 bits per heavy atom. The summed E-state index contributed by atoms with van der Waals surface area (Å²) in [4.78, 5) is 33.8. The zero-order valence-electron chi connectivity index (χ0n) is 10.6. The van der Waals surface area contributed by atoms with Crippen LogP contribution < -0.4 is 5.32 Å². The highest BCUT2D eigenvalue weighted by Gasteiger charge is 2.39. The molecule has 0 aromatic carbocycles. The number of amides is 2. The van der Waals surface area contributed by atoms with Crippen molar-refractivity contribution in [2.45, 2.75) is 37.8 Å². The minimum atomic E-state index is -0.195. The first-order chi connectivity index (χ1) is 9.25. The minimum absolute atomic E-state index is 0.0830. The van der Waals surface area contributed by atoms with Crippen LogP contribution in [0.3, 0.4) is 0 Å². The smallest absolute Gasteiger partial charge is 0.274 e. The second-order valence-electron chi connectivity index (χ2n) is 5.05. The van der Waals surface area contributed by atoms with Crippen molar-refractivity contribution in [2.75, 3.05) is 6.54 Å². The molecular weight excluding hydrogens is 244 g/mol. The molecule has 3 rings (SSSR count). The van der Waals surface area contributed by atoms with Crippen molar-refractivity contribution < 1.29 is 9.59 Å². The summed E-state index contributed by atoms with van der Waals surface area (Å²) in [5, 5.41) is 2.99. The van der Waals surface area contributed by atoms with Crippen LogP contribution in [0.15, 0.2) is 18.6 Å². The molecule has 19 heavy (non-hydrogen) atoms. The summed E-state index contributed by atoms with van der Waals surface area (Å²) in [5.41, 5.74) is 0.307. The Bertz CT molecular complexity index is 491. The van der Waals surface area contributed by atoms with E-state index in [2.05, 4.69) is 15.3 Å². The fourth-order valence-electron chi connectivity index (χ4n) is 2.96. The van der Waals surface area contributed by atoms with Crippen molar-refractivity contribution >= 4 is 11.8 Å². The van der Waals surface area contributed by atoms with Gasteiger partial charge in [-0.3, -0.25) is 14.6 Å². The third-order valence-corrected chi connectivity index (χ3v) is 3.83. The summed E-state index contributed by atoms with van der Waals surface area (Å²) >= 11 is 0. The van der Waals surface area contributed by atoms with Gasteiger partial charge in [0.15, 0.2) is 0 Å². The molecule has 1 N–H and O–H groups in total. The maximum absolute atomic E-state index is 12.4. The van der Waals surface area contributed by atoms with Crippen LogP contribution in [0.4, 0.5) is 0 Å². The number of fused-ring (bicyclic) bond motifs is 1. The van der Waals surface area contributed by atoms with Crippen LogP contribution in [0.1, 0.15) is 36.2 Å². The van der Waals surface area contributed by atoms with Gasteiger partial charge in [0, 0.05) is 18.4 Å². The van der Waals surface area contributed by atoms with Crippen LogP contribution in [0.5, 0.6) is 0 Å². The number of rotatable bonds is 1. The SMILES string of the molecule is O=C1CN(C(=O)c2cnccn2)[C@H]2CCCC[C@H]2N1. The van der Waals surface area contributed by atoms with Gasteiger partial charge in [0.25, 0.3) is 5.91 Å². The third-order valence-electron chi connectivity index (χ3n) is 3.83. The molecule has 2 aliphatic rings. The number of nitrogens with one attached hydrogen (secondary N) is 1. The van der Waals surface area contributed by atoms with Crippen LogP contribution in [-0.2, 0) is 4.79 Å². The van der Waals surface area contributed by atoms with Gasteiger partial charge in [-0.2, -0.15) is 0 Å². The van der Waals surface area contributed by atoms with Gasteiger partial charge in [-0.15, -0.1) is 0 Å². The van der Waals surface area contributed by atoms with Crippen molar-refractivity contribution in [1.82, 2.24) is 20.2 Å². The van der Waals surface area contributed by atoms with E-state index in [-0.39, 0.29) is 30.4 Å². The fraction of sp³-hybridized carbons (Fsp3) is 0.538. The van der Waals surface area contributed by atoms with Crippen LogP contribution in [0.2, 0.25) is 0 Å². The molecule has 2 heterocycles. The minimum Gasteiger partial charge on any atom is -0.350 e. The lowest BCUT2D eigenvalue weighted by atomic mass is 9.87. The molecule has 1 saturated carbocycles. The van der Waals surface area contributed by atoms with E-state index in [1.54, 1.807) is 4.90 Å². The van der Waals surface area contributed by atoms with Crippen molar-refractivity contribution in [1.29, 1.82) is 0 Å². The lowest BCUT2D eigenvalue weighted by Crippen LogP contribution is -2.63. The lowest BCUT2D eigenvalue weighted by Gasteiger charge is -2.43. The quantitative estimate of drug-likeness (QED) is 0.791. The van der Waals surface area contributed by atoms with Gasteiger partial charge in [-0.25, -0.2) is 4.98 Å². The van der Waals surface area contributed by atoms with E-state index in [9.17, 15) is 9.59 Å². The van der Waals surface area contributed by atoms with Crippen molar-refractivity contribution in [3.8, 4) is 0 Å². The van der Waals surface area contributed by atoms with Crippen LogP contribution in [0.25, 0.3) is 0 Å². The highest BCUT2D eigenvalue weighted by Crippen LogP contribution is 2.26. The summed E-state index contributed by atoms with van der Waals surface area (Å²) < 4.78 is 0. The normalized spacial score (nSPS) is 26.5. The molecule has 1 aromatic heterocycles. The van der Waals surface area contributed by atoms with E-state index in [1.165, 1.54) is 18.6 Å². The molecule has 0 bridgehead atoms. The van der Waals surface area contributed by atoms with E-state index in [0.29, 0.717) is 5.69 Å². The zero-order valence-corrected chi connectivity index (χ0v) is 10.6. The van der Waals surface area contributed by atoms with Gasteiger partial charge in [0.1, 0.15) is 12.2 Å². The lowest BCUT2D eigenvalue weighted by molar-refractivity contribution is -0.127. The van der Waals surface area contributed by atoms with Gasteiger partial charge in [-0.05, 0) is 12.8 Å². The zero-order chi connectivity index (χ0) is 13.2. The number of nitrogens with zero attached hydrogens (tertiary/aromatic N) is 3. The molecule has 6 heteroatoms. The first-order valence-electron chi connectivity index (χ1n) is 6.62. The molecule has 0 radical (unpaired) electrons. The highest BCUT2D eigenvalue weighted by molar-refractivity contribution is 5.95. The van der Waals surface area contributed by atoms with E-state index in [0.717, 1.165) is 25.7 Å². The van der Waals surface area contributed by atoms with Gasteiger partial charge in [-0.1, -0.05) is 12.8 Å². The molecular formula is C13H16N4O2. The summed E-state index contributed by atoms with van der Waals surface area (Å²) in [6.07, 6.45) is 8.57. The maximum Gasteiger partial charge on any atom is 0.274 e. The summed E-state index contributed by atoms with van der Waals surface area (Å²) in [6, 6.07) is 0.191. The Morgan fingerprint density at radius 3 is 2.95 bits per heavy atom. The molecule has 2 fully saturated rings. The maximum atomic E-state index is 12.4. The molecule has 2 atom stereocenters. The van der Waals surface area contributed by atoms with Gasteiger partial charge in [0.2, 0.25) is 5.91 Å². The Hall–Kier alpha value is -1.98. The number of aromatic nitrogens is 2. The van der Waals surface area contributed by atoms with Gasteiger partial charge >= 0.3 is 0 Å². The number of hydrogen-bond donors (Lipinski definition) is 1. The highest BCUT2D eigenvalue weighted by atomic mass is 16.2. The van der Waals surface area contributed by atoms with Gasteiger partial charge < -0.3 is 10.2 Å². The van der Waals surface area contributed by atoms with E-state index < -0.39 is 0 Å². The molecule has 100 valence electrons. The van der Waals surface area contributed by atoms with Crippen LogP contribution >= 0.6 is 0 Å². The summed E-state index contributed by atoms with van der Waals surface area (Å²) in [6.45, 7) is 0.122. The Labute approximate surface area is 111 Å². The molecule has 6 nitrogen and oxygen atoms in total. The predicted molar refractivity (Wildman–Crippen MR) is 67.3 cm³/mol. The first-order valence-corrected chi connectivity index (χ1v) is 6.62. The molecule has 0 spiro atoms. The third kappa shape index (κ3) is 2.30. The molecule has 1 aliphatic heterocycles. The largest absolute Gasteiger partial charge is 0.350 e. The Kier molecular flexibility index (Phi) is 3.15.